The minimum absolute atomic E-state index is 0.228. The summed E-state index contributed by atoms with van der Waals surface area (Å²) < 4.78 is 0. The highest BCUT2D eigenvalue weighted by Crippen LogP contribution is 2.13. The van der Waals surface area contributed by atoms with Crippen molar-refractivity contribution in [2.24, 2.45) is 0 Å². The maximum absolute atomic E-state index is 12.3. The Hall–Kier alpha value is -3.72. The van der Waals surface area contributed by atoms with E-state index in [0.29, 0.717) is 23.8 Å². The molecule has 1 aromatic heterocycles. The fraction of sp³-hybridized carbons (Fsp3) is 0.143. The van der Waals surface area contributed by atoms with Crippen LogP contribution in [0.25, 0.3) is 0 Å². The van der Waals surface area contributed by atoms with Gasteiger partial charge in [0.25, 0.3) is 5.91 Å². The van der Waals surface area contributed by atoms with Crippen LogP contribution < -0.4 is 10.6 Å². The van der Waals surface area contributed by atoms with E-state index in [2.05, 4.69) is 38.8 Å². The molecule has 0 saturated carbocycles. The first-order valence-electron chi connectivity index (χ1n) is 8.67. The number of carbonyl (C=O) groups excluding carboxylic acids is 1. The van der Waals surface area contributed by atoms with Crippen molar-refractivity contribution in [3.63, 3.8) is 0 Å². The molecule has 27 heavy (non-hydrogen) atoms. The maximum atomic E-state index is 12.3. The minimum Gasteiger partial charge on any atom is -0.351 e. The second kappa shape index (κ2) is 9.11. The van der Waals surface area contributed by atoms with Gasteiger partial charge in [0.15, 0.2) is 0 Å². The van der Waals surface area contributed by atoms with E-state index < -0.39 is 0 Å². The van der Waals surface area contributed by atoms with Gasteiger partial charge >= 0.3 is 0 Å². The van der Waals surface area contributed by atoms with E-state index in [1.165, 1.54) is 11.8 Å². The second-order valence-electron chi connectivity index (χ2n) is 5.92. The standard InChI is InChI=1S/C21H19N5O/c22-15-17-8-10-18(11-9-17)25-21-24-14-12-19(26-21)20(27)23-13-4-7-16-5-2-1-3-6-16/h1-3,5-6,8-12,14H,4,7,13H2,(H,23,27)(H,24,25,26). The minimum atomic E-state index is -0.228. The van der Waals surface area contributed by atoms with Crippen molar-refractivity contribution in [2.45, 2.75) is 12.8 Å². The third-order valence-electron chi connectivity index (χ3n) is 3.93. The molecule has 6 heteroatoms. The summed E-state index contributed by atoms with van der Waals surface area (Å²) in [5, 5.41) is 14.7. The lowest BCUT2D eigenvalue weighted by molar-refractivity contribution is 0.0948. The smallest absolute Gasteiger partial charge is 0.270 e. The molecule has 0 radical (unpaired) electrons. The molecule has 0 atom stereocenters. The summed E-state index contributed by atoms with van der Waals surface area (Å²) in [4.78, 5) is 20.7. The van der Waals surface area contributed by atoms with Crippen molar-refractivity contribution in [1.29, 1.82) is 5.26 Å². The number of aryl methyl sites for hydroxylation is 1. The highest BCUT2D eigenvalue weighted by Gasteiger charge is 2.08. The molecule has 0 fully saturated rings. The van der Waals surface area contributed by atoms with Crippen LogP contribution in [0.5, 0.6) is 0 Å². The van der Waals surface area contributed by atoms with Crippen LogP contribution in [-0.2, 0) is 6.42 Å². The molecule has 0 aliphatic heterocycles. The third kappa shape index (κ3) is 5.38. The lowest BCUT2D eigenvalue weighted by Crippen LogP contribution is -2.26. The molecule has 0 aliphatic carbocycles. The summed E-state index contributed by atoms with van der Waals surface area (Å²) in [6, 6.07) is 20.7. The Labute approximate surface area is 157 Å². The number of rotatable bonds is 7. The van der Waals surface area contributed by atoms with E-state index in [0.717, 1.165) is 18.5 Å². The molecular weight excluding hydrogens is 338 g/mol. The van der Waals surface area contributed by atoms with E-state index in [4.69, 9.17) is 5.26 Å². The van der Waals surface area contributed by atoms with E-state index in [1.54, 1.807) is 30.3 Å². The van der Waals surface area contributed by atoms with Crippen molar-refractivity contribution in [2.75, 3.05) is 11.9 Å². The lowest BCUT2D eigenvalue weighted by Gasteiger charge is -2.07. The number of hydrogen-bond donors (Lipinski definition) is 2. The van der Waals surface area contributed by atoms with Crippen LogP contribution in [-0.4, -0.2) is 22.4 Å². The molecule has 0 unspecified atom stereocenters. The molecule has 3 rings (SSSR count). The van der Waals surface area contributed by atoms with Gasteiger partial charge in [0.1, 0.15) is 5.69 Å². The summed E-state index contributed by atoms with van der Waals surface area (Å²) in [5.74, 6) is 0.102. The Morgan fingerprint density at radius 2 is 1.81 bits per heavy atom. The number of carbonyl (C=O) groups is 1. The molecule has 3 aromatic rings. The van der Waals surface area contributed by atoms with E-state index in [-0.39, 0.29) is 5.91 Å². The van der Waals surface area contributed by atoms with Crippen molar-refractivity contribution >= 4 is 17.5 Å². The quantitative estimate of drug-likeness (QED) is 0.632. The Bertz CT molecular complexity index is 933. The van der Waals surface area contributed by atoms with E-state index >= 15 is 0 Å². The van der Waals surface area contributed by atoms with Gasteiger partial charge in [-0.3, -0.25) is 4.79 Å². The van der Waals surface area contributed by atoms with Crippen molar-refractivity contribution in [1.82, 2.24) is 15.3 Å². The summed E-state index contributed by atoms with van der Waals surface area (Å²) in [6.07, 6.45) is 3.31. The Balaban J connectivity index is 1.52. The normalized spacial score (nSPS) is 10.0. The van der Waals surface area contributed by atoms with Crippen molar-refractivity contribution in [3.05, 3.63) is 83.7 Å². The number of benzene rings is 2. The molecule has 1 heterocycles. The van der Waals surface area contributed by atoms with E-state index in [1.807, 2.05) is 18.2 Å². The predicted molar refractivity (Wildman–Crippen MR) is 104 cm³/mol. The van der Waals surface area contributed by atoms with Crippen molar-refractivity contribution in [3.8, 4) is 6.07 Å². The largest absolute Gasteiger partial charge is 0.351 e. The maximum Gasteiger partial charge on any atom is 0.270 e. The van der Waals surface area contributed by atoms with Crippen LogP contribution >= 0.6 is 0 Å². The molecule has 2 N–H and O–H groups in total. The summed E-state index contributed by atoms with van der Waals surface area (Å²) in [7, 11) is 0. The first-order chi connectivity index (χ1) is 13.2. The topological polar surface area (TPSA) is 90.7 Å². The first kappa shape index (κ1) is 18.1. The molecule has 0 bridgehead atoms. The monoisotopic (exact) mass is 357 g/mol. The van der Waals surface area contributed by atoms with Gasteiger partial charge in [0, 0.05) is 18.4 Å². The van der Waals surface area contributed by atoms with Crippen LogP contribution in [0.2, 0.25) is 0 Å². The van der Waals surface area contributed by atoms with Crippen LogP contribution in [0.4, 0.5) is 11.6 Å². The number of hydrogen-bond acceptors (Lipinski definition) is 5. The molecule has 0 aliphatic rings. The fourth-order valence-electron chi connectivity index (χ4n) is 2.53. The molecule has 0 saturated heterocycles. The van der Waals surface area contributed by atoms with Crippen LogP contribution in [0.15, 0.2) is 66.9 Å². The average molecular weight is 357 g/mol. The van der Waals surface area contributed by atoms with Crippen LogP contribution in [0, 0.1) is 11.3 Å². The SMILES string of the molecule is N#Cc1ccc(Nc2nccc(C(=O)NCCCc3ccccc3)n2)cc1. The van der Waals surface area contributed by atoms with Gasteiger partial charge in [-0.2, -0.15) is 5.26 Å². The molecule has 2 aromatic carbocycles. The molecule has 134 valence electrons. The van der Waals surface area contributed by atoms with Gasteiger partial charge in [-0.05, 0) is 48.7 Å². The predicted octanol–water partition coefficient (Wildman–Crippen LogP) is 3.45. The number of amides is 1. The van der Waals surface area contributed by atoms with Gasteiger partial charge < -0.3 is 10.6 Å². The molecular formula is C21H19N5O. The zero-order valence-electron chi connectivity index (χ0n) is 14.7. The second-order valence-corrected chi connectivity index (χ2v) is 5.92. The number of aromatic nitrogens is 2. The van der Waals surface area contributed by atoms with Gasteiger partial charge in [-0.25, -0.2) is 9.97 Å². The van der Waals surface area contributed by atoms with Crippen LogP contribution in [0.3, 0.4) is 0 Å². The first-order valence-corrected chi connectivity index (χ1v) is 8.67. The number of anilines is 2. The van der Waals surface area contributed by atoms with Gasteiger partial charge in [-0.15, -0.1) is 0 Å². The van der Waals surface area contributed by atoms with Gasteiger partial charge in [0.05, 0.1) is 11.6 Å². The highest BCUT2D eigenvalue weighted by atomic mass is 16.1. The van der Waals surface area contributed by atoms with Gasteiger partial charge in [0.2, 0.25) is 5.95 Å². The number of nitrogens with zero attached hydrogens (tertiary/aromatic N) is 3. The fourth-order valence-corrected chi connectivity index (χ4v) is 2.53. The Kier molecular flexibility index (Phi) is 6.10. The number of nitrogens with one attached hydrogen (secondary N) is 2. The lowest BCUT2D eigenvalue weighted by atomic mass is 10.1. The average Bonchev–Trinajstić information content (AvgIpc) is 2.72. The Morgan fingerprint density at radius 1 is 1.04 bits per heavy atom. The summed E-state index contributed by atoms with van der Waals surface area (Å²) in [5.41, 5.74) is 2.88. The molecule has 0 spiro atoms. The molecule has 1 amide bonds. The summed E-state index contributed by atoms with van der Waals surface area (Å²) >= 11 is 0. The van der Waals surface area contributed by atoms with Gasteiger partial charge in [-0.1, -0.05) is 30.3 Å². The third-order valence-corrected chi connectivity index (χ3v) is 3.93. The molecule has 6 nitrogen and oxygen atoms in total. The Morgan fingerprint density at radius 3 is 2.56 bits per heavy atom. The summed E-state index contributed by atoms with van der Waals surface area (Å²) in [6.45, 7) is 0.579. The zero-order valence-corrected chi connectivity index (χ0v) is 14.7. The number of nitriles is 1. The highest BCUT2D eigenvalue weighted by molar-refractivity contribution is 5.92. The van der Waals surface area contributed by atoms with E-state index in [9.17, 15) is 4.79 Å². The zero-order chi connectivity index (χ0) is 18.9. The van der Waals surface area contributed by atoms with Crippen LogP contribution in [0.1, 0.15) is 28.0 Å². The van der Waals surface area contributed by atoms with Crippen molar-refractivity contribution < 1.29 is 4.79 Å².